The van der Waals surface area contributed by atoms with E-state index in [1.165, 1.54) is 17.0 Å². The van der Waals surface area contributed by atoms with E-state index in [-0.39, 0.29) is 0 Å². The van der Waals surface area contributed by atoms with Gasteiger partial charge in [0, 0.05) is 33.3 Å². The molecular weight excluding hydrogens is 348 g/mol. The van der Waals surface area contributed by atoms with Gasteiger partial charge in [0.05, 0.1) is 5.69 Å². The number of hydrogen-bond acceptors (Lipinski definition) is 1. The molecule has 0 radical (unpaired) electrons. The first-order valence-corrected chi connectivity index (χ1v) is 8.39. The van der Waals surface area contributed by atoms with Crippen molar-refractivity contribution in [1.29, 1.82) is 0 Å². The minimum Gasteiger partial charge on any atom is -0.318 e. The lowest BCUT2D eigenvalue weighted by Gasteiger charge is -2.09. The van der Waals surface area contributed by atoms with Gasteiger partial charge in [-0.25, -0.2) is 0 Å². The molecule has 0 saturated heterocycles. The van der Waals surface area contributed by atoms with Gasteiger partial charge in [-0.05, 0) is 63.2 Å². The first-order valence-electron chi connectivity index (χ1n) is 7.60. The molecule has 3 heteroatoms. The lowest BCUT2D eigenvalue weighted by atomic mass is 10.2. The van der Waals surface area contributed by atoms with Gasteiger partial charge >= 0.3 is 0 Å². The maximum atomic E-state index is 4.59. The highest BCUT2D eigenvalue weighted by molar-refractivity contribution is 9.10. The average Bonchev–Trinajstić information content (AvgIpc) is 2.82. The van der Waals surface area contributed by atoms with Crippen molar-refractivity contribution in [2.45, 2.75) is 20.8 Å². The second-order valence-electron chi connectivity index (χ2n) is 5.73. The molecule has 0 aliphatic rings. The summed E-state index contributed by atoms with van der Waals surface area (Å²) in [6, 6.07) is 18.8. The van der Waals surface area contributed by atoms with Gasteiger partial charge < -0.3 is 4.57 Å². The zero-order chi connectivity index (χ0) is 16.4. The van der Waals surface area contributed by atoms with Crippen LogP contribution in [0.4, 0.5) is 5.69 Å². The van der Waals surface area contributed by atoms with Crippen LogP contribution in [0.2, 0.25) is 0 Å². The Kier molecular flexibility index (Phi) is 4.49. The lowest BCUT2D eigenvalue weighted by Crippen LogP contribution is -1.99. The Balaban J connectivity index is 1.94. The summed E-state index contributed by atoms with van der Waals surface area (Å²) in [7, 11) is 0. The number of nitrogens with zero attached hydrogens (tertiary/aromatic N) is 2. The minimum atomic E-state index is 0.976. The van der Waals surface area contributed by atoms with Crippen molar-refractivity contribution in [1.82, 2.24) is 4.57 Å². The Morgan fingerprint density at radius 2 is 1.57 bits per heavy atom. The monoisotopic (exact) mass is 366 g/mol. The first kappa shape index (κ1) is 15.8. The summed E-state index contributed by atoms with van der Waals surface area (Å²) in [6.07, 6.45) is 1.95. The van der Waals surface area contributed by atoms with Gasteiger partial charge in [0.25, 0.3) is 0 Å². The highest BCUT2D eigenvalue weighted by Gasteiger charge is 2.09. The van der Waals surface area contributed by atoms with E-state index < -0.39 is 0 Å². The topological polar surface area (TPSA) is 17.3 Å². The summed E-state index contributed by atoms with van der Waals surface area (Å²) < 4.78 is 3.34. The second kappa shape index (κ2) is 6.55. The number of aromatic nitrogens is 1. The van der Waals surface area contributed by atoms with Crippen molar-refractivity contribution in [3.63, 3.8) is 0 Å². The fourth-order valence-corrected chi connectivity index (χ4v) is 2.95. The molecule has 3 rings (SSSR count). The molecule has 0 aliphatic heterocycles. The summed E-state index contributed by atoms with van der Waals surface area (Å²) >= 11 is 3.49. The van der Waals surface area contributed by atoms with Crippen molar-refractivity contribution in [3.05, 3.63) is 81.6 Å². The van der Waals surface area contributed by atoms with E-state index in [1.54, 1.807) is 0 Å². The molecule has 2 nitrogen and oxygen atoms in total. The number of rotatable bonds is 3. The van der Waals surface area contributed by atoms with E-state index in [9.17, 15) is 0 Å². The summed E-state index contributed by atoms with van der Waals surface area (Å²) in [5.74, 6) is 0. The fraction of sp³-hybridized carbons (Fsp3) is 0.150. The van der Waals surface area contributed by atoms with Gasteiger partial charge in [-0.1, -0.05) is 33.6 Å². The van der Waals surface area contributed by atoms with Crippen LogP contribution in [0, 0.1) is 20.8 Å². The van der Waals surface area contributed by atoms with Crippen molar-refractivity contribution in [2.75, 3.05) is 0 Å². The van der Waals surface area contributed by atoms with Crippen molar-refractivity contribution in [2.24, 2.45) is 4.99 Å². The molecule has 0 N–H and O–H groups in total. The molecule has 3 aromatic rings. The SMILES string of the molecule is Cc1ccc(N=Cc2cc(C)n(-c3ccc(Br)cc3)c2C)cc1. The smallest absolute Gasteiger partial charge is 0.0630 e. The van der Waals surface area contributed by atoms with Crippen LogP contribution in [-0.2, 0) is 0 Å². The summed E-state index contributed by atoms with van der Waals surface area (Å²) in [5.41, 5.74) is 6.93. The molecular formula is C20H19BrN2. The Morgan fingerprint density at radius 1 is 0.913 bits per heavy atom. The van der Waals surface area contributed by atoms with Gasteiger partial charge in [0.2, 0.25) is 0 Å². The number of aryl methyl sites for hydroxylation is 2. The Morgan fingerprint density at radius 3 is 2.22 bits per heavy atom. The first-order chi connectivity index (χ1) is 11.0. The van der Waals surface area contributed by atoms with Crippen molar-refractivity contribution in [3.8, 4) is 5.69 Å². The maximum Gasteiger partial charge on any atom is 0.0630 e. The molecule has 116 valence electrons. The van der Waals surface area contributed by atoms with E-state index in [1.807, 2.05) is 18.3 Å². The fourth-order valence-electron chi connectivity index (χ4n) is 2.68. The quantitative estimate of drug-likeness (QED) is 0.512. The minimum absolute atomic E-state index is 0.976. The molecule has 23 heavy (non-hydrogen) atoms. The second-order valence-corrected chi connectivity index (χ2v) is 6.65. The van der Waals surface area contributed by atoms with Crippen LogP contribution in [0.3, 0.4) is 0 Å². The molecule has 2 aromatic carbocycles. The summed E-state index contributed by atoms with van der Waals surface area (Å²) in [4.78, 5) is 4.59. The number of benzene rings is 2. The zero-order valence-corrected chi connectivity index (χ0v) is 15.1. The van der Waals surface area contributed by atoms with Crippen molar-refractivity contribution < 1.29 is 0 Å². The highest BCUT2D eigenvalue weighted by atomic mass is 79.9. The van der Waals surface area contributed by atoms with E-state index >= 15 is 0 Å². The third-order valence-corrected chi connectivity index (χ3v) is 4.47. The third kappa shape index (κ3) is 3.45. The molecule has 0 fully saturated rings. The molecule has 1 aromatic heterocycles. The molecule has 0 atom stereocenters. The average molecular weight is 367 g/mol. The van der Waals surface area contributed by atoms with E-state index in [4.69, 9.17) is 0 Å². The third-order valence-electron chi connectivity index (χ3n) is 3.94. The van der Waals surface area contributed by atoms with Crippen LogP contribution >= 0.6 is 15.9 Å². The van der Waals surface area contributed by atoms with Crippen LogP contribution in [0.15, 0.2) is 64.1 Å². The summed E-state index contributed by atoms with van der Waals surface area (Å²) in [5, 5.41) is 0. The predicted molar refractivity (Wildman–Crippen MR) is 101 cm³/mol. The molecule has 0 spiro atoms. The van der Waals surface area contributed by atoms with Crippen LogP contribution < -0.4 is 0 Å². The predicted octanol–water partition coefficient (Wildman–Crippen LogP) is 5.92. The Labute approximate surface area is 145 Å². The normalized spacial score (nSPS) is 11.3. The zero-order valence-electron chi connectivity index (χ0n) is 13.5. The van der Waals surface area contributed by atoms with Gasteiger partial charge in [-0.15, -0.1) is 0 Å². The van der Waals surface area contributed by atoms with Gasteiger partial charge in [-0.2, -0.15) is 0 Å². The number of aliphatic imine (C=N–C) groups is 1. The molecule has 0 bridgehead atoms. The lowest BCUT2D eigenvalue weighted by molar-refractivity contribution is 0.964. The largest absolute Gasteiger partial charge is 0.318 e. The number of hydrogen-bond donors (Lipinski definition) is 0. The van der Waals surface area contributed by atoms with E-state index in [0.717, 1.165) is 21.4 Å². The van der Waals surface area contributed by atoms with Gasteiger partial charge in [-0.3, -0.25) is 4.99 Å². The van der Waals surface area contributed by atoms with Crippen molar-refractivity contribution >= 4 is 27.8 Å². The Bertz CT molecular complexity index is 841. The van der Waals surface area contributed by atoms with Crippen LogP contribution in [-0.4, -0.2) is 10.8 Å². The standard InChI is InChI=1S/C20H19BrN2/c1-14-4-8-19(9-5-14)22-13-17-12-15(2)23(16(17)3)20-10-6-18(21)7-11-20/h4-13H,1-3H3. The summed E-state index contributed by atoms with van der Waals surface area (Å²) in [6.45, 7) is 6.34. The molecule has 1 heterocycles. The maximum absolute atomic E-state index is 4.59. The Hall–Kier alpha value is -2.13. The highest BCUT2D eigenvalue weighted by Crippen LogP contribution is 2.22. The van der Waals surface area contributed by atoms with Crippen LogP contribution in [0.5, 0.6) is 0 Å². The number of halogens is 1. The van der Waals surface area contributed by atoms with Crippen LogP contribution in [0.1, 0.15) is 22.5 Å². The molecule has 0 aliphatic carbocycles. The van der Waals surface area contributed by atoms with Crippen LogP contribution in [0.25, 0.3) is 5.69 Å². The molecule has 0 unspecified atom stereocenters. The van der Waals surface area contributed by atoms with Gasteiger partial charge in [0.1, 0.15) is 0 Å². The van der Waals surface area contributed by atoms with E-state index in [0.29, 0.717) is 0 Å². The molecule has 0 saturated carbocycles. The molecule has 0 amide bonds. The van der Waals surface area contributed by atoms with Gasteiger partial charge in [0.15, 0.2) is 0 Å². The van der Waals surface area contributed by atoms with E-state index in [2.05, 4.69) is 88.7 Å².